The summed E-state index contributed by atoms with van der Waals surface area (Å²) in [6.07, 6.45) is 3.90. The SMILES string of the molecule is CCNc1nc(C)cn1C(C)c1nccs1. The zero-order valence-electron chi connectivity index (χ0n) is 9.77. The van der Waals surface area contributed by atoms with Gasteiger partial charge in [-0.1, -0.05) is 0 Å². The van der Waals surface area contributed by atoms with E-state index in [2.05, 4.69) is 39.9 Å². The maximum atomic E-state index is 4.46. The van der Waals surface area contributed by atoms with Crippen molar-refractivity contribution >= 4 is 17.3 Å². The van der Waals surface area contributed by atoms with Crippen molar-refractivity contribution in [1.29, 1.82) is 0 Å². The number of hydrogen-bond acceptors (Lipinski definition) is 4. The molecule has 0 aromatic carbocycles. The lowest BCUT2D eigenvalue weighted by Crippen LogP contribution is -2.11. The predicted molar refractivity (Wildman–Crippen MR) is 67.1 cm³/mol. The highest BCUT2D eigenvalue weighted by Gasteiger charge is 2.14. The van der Waals surface area contributed by atoms with Gasteiger partial charge in [0.25, 0.3) is 0 Å². The minimum Gasteiger partial charge on any atom is -0.356 e. The number of imidazole rings is 1. The first-order chi connectivity index (χ1) is 7.72. The molecule has 4 nitrogen and oxygen atoms in total. The summed E-state index contributed by atoms with van der Waals surface area (Å²) in [5.74, 6) is 0.919. The van der Waals surface area contributed by atoms with E-state index in [0.717, 1.165) is 23.2 Å². The molecule has 0 amide bonds. The van der Waals surface area contributed by atoms with Gasteiger partial charge in [0.05, 0.1) is 11.7 Å². The van der Waals surface area contributed by atoms with Gasteiger partial charge in [-0.05, 0) is 20.8 Å². The van der Waals surface area contributed by atoms with Crippen LogP contribution in [-0.2, 0) is 0 Å². The largest absolute Gasteiger partial charge is 0.356 e. The normalized spacial score (nSPS) is 12.7. The van der Waals surface area contributed by atoms with E-state index in [1.807, 2.05) is 18.5 Å². The minimum absolute atomic E-state index is 0.232. The molecule has 2 aromatic heterocycles. The average molecular weight is 236 g/mol. The molecule has 1 unspecified atom stereocenters. The summed E-state index contributed by atoms with van der Waals surface area (Å²) in [7, 11) is 0. The quantitative estimate of drug-likeness (QED) is 0.887. The Morgan fingerprint density at radius 1 is 1.56 bits per heavy atom. The van der Waals surface area contributed by atoms with E-state index < -0.39 is 0 Å². The molecule has 2 rings (SSSR count). The van der Waals surface area contributed by atoms with Gasteiger partial charge in [0.2, 0.25) is 5.95 Å². The van der Waals surface area contributed by atoms with Crippen LogP contribution in [0.25, 0.3) is 0 Å². The van der Waals surface area contributed by atoms with E-state index >= 15 is 0 Å². The van der Waals surface area contributed by atoms with Gasteiger partial charge in [-0.15, -0.1) is 11.3 Å². The summed E-state index contributed by atoms with van der Waals surface area (Å²) >= 11 is 1.67. The van der Waals surface area contributed by atoms with E-state index in [9.17, 15) is 0 Å². The van der Waals surface area contributed by atoms with E-state index in [0.29, 0.717) is 0 Å². The van der Waals surface area contributed by atoms with Crippen molar-refractivity contribution in [3.8, 4) is 0 Å². The van der Waals surface area contributed by atoms with E-state index in [-0.39, 0.29) is 6.04 Å². The molecule has 86 valence electrons. The van der Waals surface area contributed by atoms with Crippen LogP contribution >= 0.6 is 11.3 Å². The Morgan fingerprint density at radius 2 is 2.38 bits per heavy atom. The minimum atomic E-state index is 0.232. The van der Waals surface area contributed by atoms with Gasteiger partial charge < -0.3 is 9.88 Å². The van der Waals surface area contributed by atoms with Gasteiger partial charge in [-0.25, -0.2) is 9.97 Å². The highest BCUT2D eigenvalue weighted by atomic mass is 32.1. The second kappa shape index (κ2) is 4.65. The third-order valence-electron chi connectivity index (χ3n) is 2.41. The number of aromatic nitrogens is 3. The third kappa shape index (κ3) is 2.09. The Labute approximate surface area is 99.4 Å². The van der Waals surface area contributed by atoms with Crippen LogP contribution in [0.15, 0.2) is 17.8 Å². The molecule has 0 saturated heterocycles. The molecule has 0 aliphatic rings. The number of nitrogens with one attached hydrogen (secondary N) is 1. The maximum Gasteiger partial charge on any atom is 0.203 e. The van der Waals surface area contributed by atoms with E-state index in [1.54, 1.807) is 11.3 Å². The number of hydrogen-bond donors (Lipinski definition) is 1. The molecule has 16 heavy (non-hydrogen) atoms. The lowest BCUT2D eigenvalue weighted by molar-refractivity contribution is 0.639. The van der Waals surface area contributed by atoms with Crippen LogP contribution < -0.4 is 5.32 Å². The second-order valence-electron chi connectivity index (χ2n) is 3.69. The Bertz CT molecular complexity index is 447. The summed E-state index contributed by atoms with van der Waals surface area (Å²) in [6.45, 7) is 7.09. The van der Waals surface area contributed by atoms with Crippen molar-refractivity contribution in [2.24, 2.45) is 0 Å². The Kier molecular flexibility index (Phi) is 3.24. The number of aryl methyl sites for hydroxylation is 1. The smallest absolute Gasteiger partial charge is 0.203 e. The highest BCUT2D eigenvalue weighted by Crippen LogP contribution is 2.24. The molecule has 0 bridgehead atoms. The maximum absolute atomic E-state index is 4.46. The highest BCUT2D eigenvalue weighted by molar-refractivity contribution is 7.09. The van der Waals surface area contributed by atoms with Gasteiger partial charge in [-0.2, -0.15) is 0 Å². The first kappa shape index (κ1) is 11.1. The molecule has 2 aromatic rings. The van der Waals surface area contributed by atoms with Gasteiger partial charge in [0.15, 0.2) is 0 Å². The number of rotatable bonds is 4. The lowest BCUT2D eigenvalue weighted by Gasteiger charge is -2.14. The van der Waals surface area contributed by atoms with Crippen LogP contribution in [-0.4, -0.2) is 21.1 Å². The number of anilines is 1. The van der Waals surface area contributed by atoms with Crippen molar-refractivity contribution in [1.82, 2.24) is 14.5 Å². The molecule has 1 atom stereocenters. The van der Waals surface area contributed by atoms with E-state index in [1.165, 1.54) is 0 Å². The summed E-state index contributed by atoms with van der Waals surface area (Å²) in [5, 5.41) is 6.38. The van der Waals surface area contributed by atoms with Crippen LogP contribution in [0.5, 0.6) is 0 Å². The zero-order chi connectivity index (χ0) is 11.5. The Balaban J connectivity index is 2.32. The molecule has 0 radical (unpaired) electrons. The Hall–Kier alpha value is -1.36. The summed E-state index contributed by atoms with van der Waals surface area (Å²) < 4.78 is 2.14. The fourth-order valence-electron chi connectivity index (χ4n) is 1.66. The molecule has 0 spiro atoms. The number of thiazole rings is 1. The first-order valence-electron chi connectivity index (χ1n) is 5.41. The fourth-order valence-corrected chi connectivity index (χ4v) is 2.35. The number of nitrogens with zero attached hydrogens (tertiary/aromatic N) is 3. The first-order valence-corrected chi connectivity index (χ1v) is 6.29. The van der Waals surface area contributed by atoms with Crippen molar-refractivity contribution in [3.05, 3.63) is 28.5 Å². The molecule has 1 N–H and O–H groups in total. The van der Waals surface area contributed by atoms with E-state index in [4.69, 9.17) is 0 Å². The molecule has 5 heteroatoms. The van der Waals surface area contributed by atoms with Gasteiger partial charge >= 0.3 is 0 Å². The molecule has 0 aliphatic carbocycles. The average Bonchev–Trinajstić information content (AvgIpc) is 2.87. The topological polar surface area (TPSA) is 42.7 Å². The van der Waals surface area contributed by atoms with Crippen molar-refractivity contribution in [3.63, 3.8) is 0 Å². The molecule has 2 heterocycles. The van der Waals surface area contributed by atoms with Gasteiger partial charge in [-0.3, -0.25) is 0 Å². The third-order valence-corrected chi connectivity index (χ3v) is 3.36. The molecular formula is C11H16N4S. The van der Waals surface area contributed by atoms with Crippen LogP contribution in [0.4, 0.5) is 5.95 Å². The van der Waals surface area contributed by atoms with Gasteiger partial charge in [0, 0.05) is 24.3 Å². The molecule has 0 fully saturated rings. The molecule has 0 saturated carbocycles. The standard InChI is InChI=1S/C11H16N4S/c1-4-12-11-14-8(2)7-15(11)9(3)10-13-5-6-16-10/h5-7,9H,4H2,1-3H3,(H,12,14). The van der Waals surface area contributed by atoms with Crippen LogP contribution in [0.1, 0.15) is 30.6 Å². The summed E-state index contributed by atoms with van der Waals surface area (Å²) in [6, 6.07) is 0.232. The predicted octanol–water partition coefficient (Wildman–Crippen LogP) is 2.69. The van der Waals surface area contributed by atoms with Crippen LogP contribution in [0.3, 0.4) is 0 Å². The van der Waals surface area contributed by atoms with Crippen molar-refractivity contribution in [2.45, 2.75) is 26.8 Å². The summed E-state index contributed by atoms with van der Waals surface area (Å²) in [4.78, 5) is 8.81. The van der Waals surface area contributed by atoms with Crippen molar-refractivity contribution in [2.75, 3.05) is 11.9 Å². The van der Waals surface area contributed by atoms with Crippen LogP contribution in [0, 0.1) is 6.92 Å². The zero-order valence-corrected chi connectivity index (χ0v) is 10.6. The monoisotopic (exact) mass is 236 g/mol. The fraction of sp³-hybridized carbons (Fsp3) is 0.455. The van der Waals surface area contributed by atoms with Crippen LogP contribution in [0.2, 0.25) is 0 Å². The molecule has 0 aliphatic heterocycles. The molecular weight excluding hydrogens is 220 g/mol. The summed E-state index contributed by atoms with van der Waals surface area (Å²) in [5.41, 5.74) is 1.03. The Morgan fingerprint density at radius 3 is 3.00 bits per heavy atom. The van der Waals surface area contributed by atoms with Crippen molar-refractivity contribution < 1.29 is 0 Å². The lowest BCUT2D eigenvalue weighted by atomic mass is 10.3. The second-order valence-corrected chi connectivity index (χ2v) is 4.62. The van der Waals surface area contributed by atoms with Gasteiger partial charge in [0.1, 0.15) is 5.01 Å².